The molecule has 2 heterocycles. The van der Waals surface area contributed by atoms with Crippen LogP contribution in [0, 0.1) is 0 Å². The second kappa shape index (κ2) is 10.9. The van der Waals surface area contributed by atoms with Crippen molar-refractivity contribution in [2.45, 2.75) is 59.3 Å². The van der Waals surface area contributed by atoms with Crippen molar-refractivity contribution in [2.75, 3.05) is 26.2 Å². The molecule has 1 amide bonds. The van der Waals surface area contributed by atoms with Gasteiger partial charge in [-0.2, -0.15) is 0 Å². The van der Waals surface area contributed by atoms with Crippen LogP contribution in [-0.2, 0) is 32.9 Å². The Kier molecular flexibility index (Phi) is 8.15. The van der Waals surface area contributed by atoms with Crippen LogP contribution < -0.4 is 10.2 Å². The minimum absolute atomic E-state index is 0.0841. The quantitative estimate of drug-likeness (QED) is 0.575. The van der Waals surface area contributed by atoms with Crippen molar-refractivity contribution in [3.8, 4) is 5.75 Å². The summed E-state index contributed by atoms with van der Waals surface area (Å²) in [6, 6.07) is 9.63. The Morgan fingerprint density at radius 2 is 1.74 bits per heavy atom. The Hall–Kier alpha value is -3.13. The number of ether oxygens (including phenoxy) is 2. The van der Waals surface area contributed by atoms with E-state index in [0.717, 1.165) is 5.56 Å². The molecule has 0 aliphatic carbocycles. The van der Waals surface area contributed by atoms with Crippen LogP contribution in [0.4, 0.5) is 0 Å². The highest BCUT2D eigenvalue weighted by Crippen LogP contribution is 2.22. The average Bonchev–Trinajstić information content (AvgIpc) is 2.78. The number of rotatable bonds is 7. The molecule has 1 fully saturated rings. The monoisotopic (exact) mass is 470 g/mol. The lowest BCUT2D eigenvalue weighted by molar-refractivity contribution is -0.158. The van der Waals surface area contributed by atoms with Gasteiger partial charge in [0.2, 0.25) is 11.2 Å². The Morgan fingerprint density at radius 1 is 1.09 bits per heavy atom. The number of hydrogen-bond donors (Lipinski definition) is 0. The zero-order chi connectivity index (χ0) is 24.9. The van der Waals surface area contributed by atoms with E-state index in [0.29, 0.717) is 38.5 Å². The van der Waals surface area contributed by atoms with Gasteiger partial charge in [0.15, 0.2) is 6.10 Å². The fraction of sp³-hybridized carbons (Fsp3) is 0.500. The van der Waals surface area contributed by atoms with Crippen molar-refractivity contribution in [1.29, 1.82) is 0 Å². The van der Waals surface area contributed by atoms with Crippen molar-refractivity contribution in [2.24, 2.45) is 0 Å². The number of carbonyl (C=O) groups excluding carboxylic acids is 2. The van der Waals surface area contributed by atoms with Gasteiger partial charge in [0.05, 0.1) is 6.54 Å². The van der Waals surface area contributed by atoms with E-state index in [4.69, 9.17) is 13.9 Å². The topological polar surface area (TPSA) is 89.3 Å². The average molecular weight is 471 g/mol. The predicted octanol–water partition coefficient (Wildman–Crippen LogP) is 3.11. The first-order chi connectivity index (χ1) is 16.0. The van der Waals surface area contributed by atoms with E-state index < -0.39 is 12.1 Å². The lowest BCUT2D eigenvalue weighted by Crippen LogP contribution is -2.51. The zero-order valence-electron chi connectivity index (χ0n) is 20.6. The second-order valence-corrected chi connectivity index (χ2v) is 9.66. The van der Waals surface area contributed by atoms with Crippen LogP contribution in [0.2, 0.25) is 0 Å². The molecule has 1 aliphatic heterocycles. The third kappa shape index (κ3) is 6.93. The predicted molar refractivity (Wildman–Crippen MR) is 128 cm³/mol. The van der Waals surface area contributed by atoms with Crippen LogP contribution in [-0.4, -0.2) is 54.0 Å². The summed E-state index contributed by atoms with van der Waals surface area (Å²) in [5.41, 5.74) is 2.08. The minimum atomic E-state index is -0.786. The third-order valence-electron chi connectivity index (χ3n) is 5.82. The molecule has 0 spiro atoms. The molecule has 1 aromatic carbocycles. The molecular weight excluding hydrogens is 436 g/mol. The van der Waals surface area contributed by atoms with Crippen LogP contribution in [0.5, 0.6) is 5.75 Å². The normalized spacial score (nSPS) is 15.6. The molecule has 3 rings (SSSR count). The number of carbonyl (C=O) groups is 2. The van der Waals surface area contributed by atoms with Gasteiger partial charge in [-0.15, -0.1) is 0 Å². The maximum atomic E-state index is 12.5. The summed E-state index contributed by atoms with van der Waals surface area (Å²) in [5.74, 6) is 0.0507. The van der Waals surface area contributed by atoms with E-state index in [1.807, 2.05) is 12.1 Å². The summed E-state index contributed by atoms with van der Waals surface area (Å²) in [7, 11) is 0. The molecule has 8 nitrogen and oxygen atoms in total. The van der Waals surface area contributed by atoms with Crippen LogP contribution in [0.15, 0.2) is 45.8 Å². The Bertz CT molecular complexity index is 1050. The van der Waals surface area contributed by atoms with Gasteiger partial charge in [0.1, 0.15) is 18.6 Å². The van der Waals surface area contributed by atoms with Crippen molar-refractivity contribution >= 4 is 11.9 Å². The summed E-state index contributed by atoms with van der Waals surface area (Å²) in [4.78, 5) is 39.7. The molecule has 0 N–H and O–H groups in total. The molecule has 184 valence electrons. The molecule has 2 aromatic rings. The second-order valence-electron chi connectivity index (χ2n) is 9.66. The van der Waals surface area contributed by atoms with Gasteiger partial charge in [0.25, 0.3) is 5.91 Å². The highest BCUT2D eigenvalue weighted by atomic mass is 16.5. The standard InChI is InChI=1S/C26H34N2O6/c1-18(34-19(2)29)25(31)28-12-10-27(11-13-28)15-22-14-23(30)24(17-32-22)33-16-20-6-8-21(9-7-20)26(3,4)5/h6-9,14,17-18H,10-13,15-16H2,1-5H3/t18-/m0/s1. The zero-order valence-corrected chi connectivity index (χ0v) is 20.6. The molecule has 1 aromatic heterocycles. The first-order valence-corrected chi connectivity index (χ1v) is 11.6. The highest BCUT2D eigenvalue weighted by Gasteiger charge is 2.26. The third-order valence-corrected chi connectivity index (χ3v) is 5.82. The molecule has 1 atom stereocenters. The number of piperazine rings is 1. The lowest BCUT2D eigenvalue weighted by atomic mass is 9.87. The van der Waals surface area contributed by atoms with Gasteiger partial charge in [-0.05, 0) is 23.5 Å². The number of esters is 1. The highest BCUT2D eigenvalue weighted by molar-refractivity contribution is 5.83. The summed E-state index contributed by atoms with van der Waals surface area (Å²) >= 11 is 0. The minimum Gasteiger partial charge on any atom is -0.482 e. The molecule has 0 bridgehead atoms. The first-order valence-electron chi connectivity index (χ1n) is 11.6. The van der Waals surface area contributed by atoms with Crippen LogP contribution >= 0.6 is 0 Å². The van der Waals surface area contributed by atoms with Gasteiger partial charge >= 0.3 is 5.97 Å². The number of hydrogen-bond acceptors (Lipinski definition) is 7. The van der Waals surface area contributed by atoms with Crippen molar-refractivity contribution in [3.63, 3.8) is 0 Å². The van der Waals surface area contributed by atoms with E-state index in [2.05, 4.69) is 37.8 Å². The summed E-state index contributed by atoms with van der Waals surface area (Å²) < 4.78 is 16.3. The summed E-state index contributed by atoms with van der Waals surface area (Å²) in [6.07, 6.45) is 0.577. The Morgan fingerprint density at radius 3 is 2.29 bits per heavy atom. The number of amides is 1. The molecule has 1 saturated heterocycles. The molecule has 34 heavy (non-hydrogen) atoms. The Balaban J connectivity index is 1.49. The maximum Gasteiger partial charge on any atom is 0.303 e. The lowest BCUT2D eigenvalue weighted by Gasteiger charge is -2.35. The van der Waals surface area contributed by atoms with E-state index in [1.165, 1.54) is 24.8 Å². The number of benzene rings is 1. The molecular formula is C26H34N2O6. The van der Waals surface area contributed by atoms with E-state index in [-0.39, 0.29) is 29.1 Å². The smallest absolute Gasteiger partial charge is 0.303 e. The van der Waals surface area contributed by atoms with E-state index >= 15 is 0 Å². The summed E-state index contributed by atoms with van der Waals surface area (Å²) in [5, 5.41) is 0. The maximum absolute atomic E-state index is 12.5. The van der Waals surface area contributed by atoms with Crippen LogP contribution in [0.3, 0.4) is 0 Å². The molecule has 8 heteroatoms. The van der Waals surface area contributed by atoms with Crippen molar-refractivity contribution < 1.29 is 23.5 Å². The van der Waals surface area contributed by atoms with E-state index in [1.54, 1.807) is 11.8 Å². The fourth-order valence-corrected chi connectivity index (χ4v) is 3.79. The SMILES string of the molecule is CC(=O)O[C@@H](C)C(=O)N1CCN(Cc2cc(=O)c(OCc3ccc(C(C)(C)C)cc3)co2)CC1. The first kappa shape index (κ1) is 25.5. The van der Waals surface area contributed by atoms with Gasteiger partial charge in [-0.25, -0.2) is 0 Å². The van der Waals surface area contributed by atoms with Gasteiger partial charge < -0.3 is 18.8 Å². The molecule has 0 unspecified atom stereocenters. The van der Waals surface area contributed by atoms with Gasteiger partial charge in [0, 0.05) is 39.2 Å². The van der Waals surface area contributed by atoms with Gasteiger partial charge in [-0.1, -0.05) is 45.0 Å². The van der Waals surface area contributed by atoms with Crippen molar-refractivity contribution in [3.05, 3.63) is 63.7 Å². The molecule has 0 radical (unpaired) electrons. The van der Waals surface area contributed by atoms with Crippen LogP contribution in [0.1, 0.15) is 51.5 Å². The van der Waals surface area contributed by atoms with Crippen LogP contribution in [0.25, 0.3) is 0 Å². The van der Waals surface area contributed by atoms with Gasteiger partial charge in [-0.3, -0.25) is 19.3 Å². The largest absolute Gasteiger partial charge is 0.482 e. The number of nitrogens with zero attached hydrogens (tertiary/aromatic N) is 2. The fourth-order valence-electron chi connectivity index (χ4n) is 3.79. The molecule has 0 saturated carbocycles. The molecule has 1 aliphatic rings. The Labute approximate surface area is 200 Å². The summed E-state index contributed by atoms with van der Waals surface area (Å²) in [6.45, 7) is 12.4. The van der Waals surface area contributed by atoms with E-state index in [9.17, 15) is 14.4 Å². The van der Waals surface area contributed by atoms with Crippen molar-refractivity contribution in [1.82, 2.24) is 9.80 Å².